The maximum absolute atomic E-state index is 12.6. The van der Waals surface area contributed by atoms with Gasteiger partial charge in [0.25, 0.3) is 5.91 Å². The standard InChI is InChI=1S/C26H31N5O4/c1-16-25(35-15-30-16)14-34-21-6-5-17-10-22(28-12-18(17)9-21)24(32)13-29-26(33)23-11-20(7-8-27-23)31-19-3-2-4-19/h5-9,11,15,19,22,24,28,32H,2-4,10,12-14H2,1H3,(H,27,31)(H,29,33)/t22-,24?/m0/s1. The van der Waals surface area contributed by atoms with Gasteiger partial charge in [-0.15, -0.1) is 0 Å². The van der Waals surface area contributed by atoms with Crippen molar-refractivity contribution in [3.63, 3.8) is 0 Å². The first-order valence-electron chi connectivity index (χ1n) is 12.1. The Labute approximate surface area is 204 Å². The van der Waals surface area contributed by atoms with Crippen molar-refractivity contribution in [2.45, 2.75) is 63.9 Å². The van der Waals surface area contributed by atoms with E-state index in [-0.39, 0.29) is 18.5 Å². The van der Waals surface area contributed by atoms with Crippen LogP contribution in [0.25, 0.3) is 0 Å². The third-order valence-corrected chi connectivity index (χ3v) is 6.79. The van der Waals surface area contributed by atoms with Crippen LogP contribution in [0.5, 0.6) is 5.75 Å². The molecule has 1 unspecified atom stereocenters. The fraction of sp³-hybridized carbons (Fsp3) is 0.423. The number of ether oxygens (including phenoxy) is 1. The number of anilines is 1. The van der Waals surface area contributed by atoms with Crippen molar-refractivity contribution >= 4 is 11.6 Å². The van der Waals surface area contributed by atoms with Crippen molar-refractivity contribution < 1.29 is 19.1 Å². The van der Waals surface area contributed by atoms with Crippen LogP contribution in [0, 0.1) is 6.92 Å². The van der Waals surface area contributed by atoms with Gasteiger partial charge in [0.05, 0.1) is 11.8 Å². The van der Waals surface area contributed by atoms with Crippen molar-refractivity contribution in [1.29, 1.82) is 0 Å². The highest BCUT2D eigenvalue weighted by Gasteiger charge is 2.25. The van der Waals surface area contributed by atoms with Crippen LogP contribution in [-0.2, 0) is 19.6 Å². The second kappa shape index (κ2) is 10.5. The number of aliphatic hydroxyl groups is 1. The number of aryl methyl sites for hydroxylation is 1. The SMILES string of the molecule is Cc1ncoc1COc1ccc2c(c1)CN[C@H](C(O)CNC(=O)c1cc(NC3CCC3)ccn1)C2. The number of carbonyl (C=O) groups excluding carboxylic acids is 1. The third kappa shape index (κ3) is 5.63. The fourth-order valence-corrected chi connectivity index (χ4v) is 4.35. The Morgan fingerprint density at radius 2 is 2.14 bits per heavy atom. The third-order valence-electron chi connectivity index (χ3n) is 6.79. The topological polar surface area (TPSA) is 122 Å². The van der Waals surface area contributed by atoms with Crippen LogP contribution in [0.1, 0.15) is 52.3 Å². The average Bonchev–Trinajstić information content (AvgIpc) is 3.27. The van der Waals surface area contributed by atoms with Crippen molar-refractivity contribution in [3.8, 4) is 5.75 Å². The number of nitrogens with one attached hydrogen (secondary N) is 3. The first-order valence-corrected chi connectivity index (χ1v) is 12.1. The number of benzene rings is 1. The van der Waals surface area contributed by atoms with Crippen molar-refractivity contribution in [2.24, 2.45) is 0 Å². The van der Waals surface area contributed by atoms with Gasteiger partial charge in [0.2, 0.25) is 0 Å². The summed E-state index contributed by atoms with van der Waals surface area (Å²) in [5, 5.41) is 20.3. The molecular formula is C26H31N5O4. The molecule has 0 spiro atoms. The number of aromatic nitrogens is 2. The van der Waals surface area contributed by atoms with E-state index in [4.69, 9.17) is 9.15 Å². The van der Waals surface area contributed by atoms with Crippen molar-refractivity contribution in [2.75, 3.05) is 11.9 Å². The molecule has 1 aromatic carbocycles. The zero-order valence-corrected chi connectivity index (χ0v) is 19.8. The molecule has 0 saturated heterocycles. The fourth-order valence-electron chi connectivity index (χ4n) is 4.35. The maximum Gasteiger partial charge on any atom is 0.270 e. The number of carbonyl (C=O) groups is 1. The monoisotopic (exact) mass is 477 g/mol. The van der Waals surface area contributed by atoms with Gasteiger partial charge in [0.1, 0.15) is 18.1 Å². The molecular weight excluding hydrogens is 446 g/mol. The van der Waals surface area contributed by atoms with Crippen LogP contribution in [0.2, 0.25) is 0 Å². The highest BCUT2D eigenvalue weighted by Crippen LogP contribution is 2.25. The smallest absolute Gasteiger partial charge is 0.270 e. The lowest BCUT2D eigenvalue weighted by atomic mass is 9.92. The van der Waals surface area contributed by atoms with Crippen LogP contribution < -0.4 is 20.7 Å². The second-order valence-electron chi connectivity index (χ2n) is 9.25. The molecule has 4 N–H and O–H groups in total. The number of fused-ring (bicyclic) bond motifs is 1. The zero-order valence-electron chi connectivity index (χ0n) is 19.8. The van der Waals surface area contributed by atoms with Gasteiger partial charge < -0.3 is 30.2 Å². The molecule has 3 heterocycles. The number of pyridine rings is 1. The van der Waals surface area contributed by atoms with Crippen LogP contribution in [0.3, 0.4) is 0 Å². The Morgan fingerprint density at radius 1 is 1.26 bits per heavy atom. The molecule has 5 rings (SSSR count). The average molecular weight is 478 g/mol. The highest BCUT2D eigenvalue weighted by molar-refractivity contribution is 5.93. The van der Waals surface area contributed by atoms with Crippen LogP contribution >= 0.6 is 0 Å². The van der Waals surface area contributed by atoms with E-state index in [1.165, 1.54) is 12.8 Å². The predicted octanol–water partition coefficient (Wildman–Crippen LogP) is 2.73. The predicted molar refractivity (Wildman–Crippen MR) is 130 cm³/mol. The quantitative estimate of drug-likeness (QED) is 0.371. The molecule has 184 valence electrons. The van der Waals surface area contributed by atoms with Crippen molar-refractivity contribution in [3.05, 3.63) is 71.2 Å². The molecule has 1 fully saturated rings. The van der Waals surface area contributed by atoms with Gasteiger partial charge in [-0.05, 0) is 68.0 Å². The van der Waals surface area contributed by atoms with E-state index in [0.29, 0.717) is 37.1 Å². The van der Waals surface area contributed by atoms with E-state index in [9.17, 15) is 9.90 Å². The van der Waals surface area contributed by atoms with Gasteiger partial charge in [-0.1, -0.05) is 6.07 Å². The summed E-state index contributed by atoms with van der Waals surface area (Å²) in [5.74, 6) is 1.18. The number of rotatable bonds is 9. The molecule has 2 aliphatic rings. The molecule has 9 heteroatoms. The number of amides is 1. The molecule has 1 aliphatic heterocycles. The molecule has 1 aliphatic carbocycles. The van der Waals surface area contributed by atoms with Gasteiger partial charge in [0, 0.05) is 37.1 Å². The van der Waals surface area contributed by atoms with Crippen LogP contribution in [0.15, 0.2) is 47.3 Å². The summed E-state index contributed by atoms with van der Waals surface area (Å²) in [4.78, 5) is 20.9. The van der Waals surface area contributed by atoms with Gasteiger partial charge in [-0.3, -0.25) is 9.78 Å². The number of hydrogen-bond donors (Lipinski definition) is 4. The molecule has 0 radical (unpaired) electrons. The first kappa shape index (κ1) is 23.3. The zero-order chi connectivity index (χ0) is 24.2. The molecule has 9 nitrogen and oxygen atoms in total. The Morgan fingerprint density at radius 3 is 2.91 bits per heavy atom. The summed E-state index contributed by atoms with van der Waals surface area (Å²) in [7, 11) is 0. The summed E-state index contributed by atoms with van der Waals surface area (Å²) in [6, 6.07) is 9.92. The molecule has 2 atom stereocenters. The summed E-state index contributed by atoms with van der Waals surface area (Å²) in [5.41, 5.74) is 4.35. The molecule has 2 aromatic heterocycles. The first-order chi connectivity index (χ1) is 17.0. The lowest BCUT2D eigenvalue weighted by Gasteiger charge is -2.30. The van der Waals surface area contributed by atoms with E-state index in [0.717, 1.165) is 41.1 Å². The van der Waals surface area contributed by atoms with Gasteiger partial charge in [-0.25, -0.2) is 4.98 Å². The van der Waals surface area contributed by atoms with E-state index in [1.54, 1.807) is 12.3 Å². The van der Waals surface area contributed by atoms with E-state index in [2.05, 4.69) is 25.9 Å². The van der Waals surface area contributed by atoms with Crippen molar-refractivity contribution in [1.82, 2.24) is 20.6 Å². The number of nitrogens with zero attached hydrogens (tertiary/aromatic N) is 2. The number of hydrogen-bond acceptors (Lipinski definition) is 8. The lowest BCUT2D eigenvalue weighted by Crippen LogP contribution is -2.49. The molecule has 1 amide bonds. The minimum Gasteiger partial charge on any atom is -0.486 e. The Hall–Kier alpha value is -3.43. The Balaban J connectivity index is 1.12. The Bertz CT molecular complexity index is 1180. The summed E-state index contributed by atoms with van der Waals surface area (Å²) < 4.78 is 11.2. The van der Waals surface area contributed by atoms with E-state index >= 15 is 0 Å². The van der Waals surface area contributed by atoms with Gasteiger partial charge in [0.15, 0.2) is 12.2 Å². The normalized spacial score (nSPS) is 18.3. The largest absolute Gasteiger partial charge is 0.486 e. The minimum absolute atomic E-state index is 0.144. The summed E-state index contributed by atoms with van der Waals surface area (Å²) >= 11 is 0. The maximum atomic E-state index is 12.6. The second-order valence-corrected chi connectivity index (χ2v) is 9.25. The van der Waals surface area contributed by atoms with E-state index < -0.39 is 6.10 Å². The van der Waals surface area contributed by atoms with Crippen LogP contribution in [-0.4, -0.2) is 45.7 Å². The molecule has 3 aromatic rings. The Kier molecular flexibility index (Phi) is 6.96. The molecule has 35 heavy (non-hydrogen) atoms. The van der Waals surface area contributed by atoms with Gasteiger partial charge >= 0.3 is 0 Å². The van der Waals surface area contributed by atoms with E-state index in [1.807, 2.05) is 31.2 Å². The summed E-state index contributed by atoms with van der Waals surface area (Å²) in [6.45, 7) is 2.97. The molecule has 0 bridgehead atoms. The highest BCUT2D eigenvalue weighted by atomic mass is 16.5. The lowest BCUT2D eigenvalue weighted by molar-refractivity contribution is 0.0865. The van der Waals surface area contributed by atoms with Crippen LogP contribution in [0.4, 0.5) is 5.69 Å². The number of aliphatic hydroxyl groups excluding tert-OH is 1. The summed E-state index contributed by atoms with van der Waals surface area (Å²) in [6.07, 6.45) is 6.54. The minimum atomic E-state index is -0.728. The molecule has 1 saturated carbocycles. The number of oxazole rings is 1. The van der Waals surface area contributed by atoms with Gasteiger partial charge in [-0.2, -0.15) is 0 Å².